The van der Waals surface area contributed by atoms with Gasteiger partial charge >= 0.3 is 0 Å². The van der Waals surface area contributed by atoms with Crippen LogP contribution in [-0.2, 0) is 0 Å². The van der Waals surface area contributed by atoms with E-state index in [1.54, 1.807) is 0 Å². The lowest BCUT2D eigenvalue weighted by Gasteiger charge is -2.21. The highest BCUT2D eigenvalue weighted by molar-refractivity contribution is 6.17. The summed E-state index contributed by atoms with van der Waals surface area (Å²) in [6, 6.07) is 77.8. The Labute approximate surface area is 352 Å². The van der Waals surface area contributed by atoms with E-state index < -0.39 is 0 Å². The minimum Gasteiger partial charge on any atom is -0.308 e. The Morgan fingerprint density at radius 2 is 0.672 bits per heavy atom. The van der Waals surface area contributed by atoms with Gasteiger partial charge in [0.2, 0.25) is 0 Å². The molecule has 12 rings (SSSR count). The van der Waals surface area contributed by atoms with Crippen LogP contribution in [0.1, 0.15) is 0 Å². The number of rotatable bonds is 6. The number of nitrogens with zero attached hydrogens (tertiary/aromatic N) is 4. The summed E-state index contributed by atoms with van der Waals surface area (Å²) in [4.78, 5) is 15.8. The van der Waals surface area contributed by atoms with Crippen molar-refractivity contribution >= 4 is 54.1 Å². The van der Waals surface area contributed by atoms with E-state index in [4.69, 9.17) is 15.0 Å². The second-order valence-electron chi connectivity index (χ2n) is 15.6. The van der Waals surface area contributed by atoms with Gasteiger partial charge in [-0.05, 0) is 79.8 Å². The zero-order valence-electron chi connectivity index (χ0n) is 33.1. The molecule has 0 aliphatic rings. The second kappa shape index (κ2) is 14.3. The Bertz CT molecular complexity index is 3470. The van der Waals surface area contributed by atoms with Crippen LogP contribution in [0.5, 0.6) is 0 Å². The summed E-state index contributed by atoms with van der Waals surface area (Å²) in [6.07, 6.45) is 0. The first kappa shape index (κ1) is 34.8. The summed E-state index contributed by atoms with van der Waals surface area (Å²) < 4.78 is 2.50. The third-order valence-corrected chi connectivity index (χ3v) is 12.0. The van der Waals surface area contributed by atoms with Crippen LogP contribution in [0.15, 0.2) is 218 Å². The summed E-state index contributed by atoms with van der Waals surface area (Å²) in [7, 11) is 0. The van der Waals surface area contributed by atoms with Gasteiger partial charge in [0.15, 0.2) is 17.5 Å². The van der Waals surface area contributed by atoms with Crippen LogP contribution in [0.4, 0.5) is 0 Å². The van der Waals surface area contributed by atoms with Crippen molar-refractivity contribution in [1.82, 2.24) is 19.5 Å². The lowest BCUT2D eigenvalue weighted by molar-refractivity contribution is 1.08. The van der Waals surface area contributed by atoms with Crippen LogP contribution >= 0.6 is 0 Å². The standard InChI is InChI=1S/C57H36N4/c1-4-17-38(18-5-1)48-33-45(56-58-55(40-22-8-3-9-23-40)59-57(60-56)47-30-16-28-37-21-14-15-29-46(37)47)34-49(39-19-6-2-7-20-39)54(48)61-52-35-43-26-12-10-24-41(43)31-50(52)51-32-42-25-11-13-27-44(42)36-53(51)61/h1-36H. The van der Waals surface area contributed by atoms with Crippen molar-refractivity contribution in [1.29, 1.82) is 0 Å². The van der Waals surface area contributed by atoms with E-state index in [0.29, 0.717) is 17.5 Å². The van der Waals surface area contributed by atoms with E-state index in [1.165, 1.54) is 32.3 Å². The van der Waals surface area contributed by atoms with Crippen LogP contribution in [0.3, 0.4) is 0 Å². The van der Waals surface area contributed by atoms with Crippen molar-refractivity contribution in [2.24, 2.45) is 0 Å². The molecule has 0 unspecified atom stereocenters. The Kier molecular flexibility index (Phi) is 8.13. The average molecular weight is 777 g/mol. The van der Waals surface area contributed by atoms with Crippen molar-refractivity contribution in [3.05, 3.63) is 218 Å². The molecule has 12 aromatic rings. The molecule has 0 radical (unpaired) electrons. The zero-order chi connectivity index (χ0) is 40.3. The smallest absolute Gasteiger partial charge is 0.164 e. The summed E-state index contributed by atoms with van der Waals surface area (Å²) in [6.45, 7) is 0. The Hall–Kier alpha value is -8.21. The molecule has 2 heterocycles. The number of hydrogen-bond acceptors (Lipinski definition) is 3. The van der Waals surface area contributed by atoms with E-state index in [1.807, 2.05) is 18.2 Å². The molecule has 284 valence electrons. The van der Waals surface area contributed by atoms with Crippen molar-refractivity contribution < 1.29 is 0 Å². The quantitative estimate of drug-likeness (QED) is 0.169. The molecule has 0 fully saturated rings. The molecule has 0 atom stereocenters. The van der Waals surface area contributed by atoms with Crippen molar-refractivity contribution in [3.63, 3.8) is 0 Å². The monoisotopic (exact) mass is 776 g/mol. The molecule has 0 aliphatic heterocycles. The van der Waals surface area contributed by atoms with Gasteiger partial charge in [-0.3, -0.25) is 0 Å². The molecule has 0 amide bonds. The van der Waals surface area contributed by atoms with E-state index in [-0.39, 0.29) is 0 Å². The lowest BCUT2D eigenvalue weighted by atomic mass is 9.92. The third-order valence-electron chi connectivity index (χ3n) is 12.0. The van der Waals surface area contributed by atoms with Gasteiger partial charge in [-0.25, -0.2) is 15.0 Å². The Balaban J connectivity index is 1.22. The maximum atomic E-state index is 5.35. The molecule has 0 N–H and O–H groups in total. The first-order valence-electron chi connectivity index (χ1n) is 20.7. The number of aromatic nitrogens is 4. The van der Waals surface area contributed by atoms with Crippen LogP contribution in [0.25, 0.3) is 116 Å². The van der Waals surface area contributed by atoms with Crippen molar-refractivity contribution in [2.75, 3.05) is 0 Å². The molecule has 10 aromatic carbocycles. The molecule has 61 heavy (non-hydrogen) atoms. The van der Waals surface area contributed by atoms with Crippen LogP contribution in [0, 0.1) is 0 Å². The van der Waals surface area contributed by atoms with Crippen LogP contribution in [0.2, 0.25) is 0 Å². The second-order valence-corrected chi connectivity index (χ2v) is 15.6. The van der Waals surface area contributed by atoms with Gasteiger partial charge in [0, 0.05) is 38.6 Å². The van der Waals surface area contributed by atoms with E-state index in [0.717, 1.165) is 66.4 Å². The number of hydrogen-bond donors (Lipinski definition) is 0. The maximum Gasteiger partial charge on any atom is 0.164 e. The highest BCUT2D eigenvalue weighted by Gasteiger charge is 2.24. The number of benzene rings is 10. The molecular formula is C57H36N4. The summed E-state index contributed by atoms with van der Waals surface area (Å²) >= 11 is 0. The van der Waals surface area contributed by atoms with E-state index in [2.05, 4.69) is 205 Å². The first-order chi connectivity index (χ1) is 30.2. The van der Waals surface area contributed by atoms with E-state index >= 15 is 0 Å². The molecular weight excluding hydrogens is 741 g/mol. The fourth-order valence-electron chi connectivity index (χ4n) is 9.07. The van der Waals surface area contributed by atoms with Gasteiger partial charge in [0.05, 0.1) is 16.7 Å². The highest BCUT2D eigenvalue weighted by Crippen LogP contribution is 2.45. The van der Waals surface area contributed by atoms with Crippen molar-refractivity contribution in [3.8, 4) is 62.1 Å². The van der Waals surface area contributed by atoms with Gasteiger partial charge in [0.1, 0.15) is 0 Å². The number of fused-ring (bicyclic) bond motifs is 6. The summed E-state index contributed by atoms with van der Waals surface area (Å²) in [5, 5.41) is 9.49. The SMILES string of the molecule is c1ccc(-c2nc(-c3cc(-c4ccccc4)c(-n4c5cc6ccccc6cc5c5cc6ccccc6cc54)c(-c4ccccc4)c3)nc(-c3cccc4ccccc34)n2)cc1. The topological polar surface area (TPSA) is 43.6 Å². The molecule has 0 saturated heterocycles. The van der Waals surface area contributed by atoms with Gasteiger partial charge in [-0.2, -0.15) is 0 Å². The fraction of sp³-hybridized carbons (Fsp3) is 0. The predicted octanol–water partition coefficient (Wildman–Crippen LogP) is 14.8. The molecule has 4 nitrogen and oxygen atoms in total. The molecule has 0 saturated carbocycles. The molecule has 2 aromatic heterocycles. The Morgan fingerprint density at radius 3 is 1.21 bits per heavy atom. The normalized spacial score (nSPS) is 11.6. The van der Waals surface area contributed by atoms with Gasteiger partial charge < -0.3 is 4.57 Å². The van der Waals surface area contributed by atoms with Crippen molar-refractivity contribution in [2.45, 2.75) is 0 Å². The maximum absolute atomic E-state index is 5.35. The third kappa shape index (κ3) is 5.96. The van der Waals surface area contributed by atoms with Gasteiger partial charge in [0.25, 0.3) is 0 Å². The Morgan fingerprint density at radius 1 is 0.262 bits per heavy atom. The molecule has 0 spiro atoms. The van der Waals surface area contributed by atoms with Crippen LogP contribution < -0.4 is 0 Å². The van der Waals surface area contributed by atoms with Gasteiger partial charge in [-0.1, -0.05) is 182 Å². The minimum absolute atomic E-state index is 0.608. The molecule has 0 aliphatic carbocycles. The fourth-order valence-corrected chi connectivity index (χ4v) is 9.07. The van der Waals surface area contributed by atoms with E-state index in [9.17, 15) is 0 Å². The van der Waals surface area contributed by atoms with Crippen LogP contribution in [-0.4, -0.2) is 19.5 Å². The lowest BCUT2D eigenvalue weighted by Crippen LogP contribution is -2.04. The molecule has 0 bridgehead atoms. The largest absolute Gasteiger partial charge is 0.308 e. The van der Waals surface area contributed by atoms with Gasteiger partial charge in [-0.15, -0.1) is 0 Å². The summed E-state index contributed by atoms with van der Waals surface area (Å²) in [5.41, 5.74) is 10.5. The zero-order valence-corrected chi connectivity index (χ0v) is 33.1. The average Bonchev–Trinajstić information content (AvgIpc) is 3.63. The summed E-state index contributed by atoms with van der Waals surface area (Å²) in [5.74, 6) is 1.87. The molecule has 4 heteroatoms. The first-order valence-corrected chi connectivity index (χ1v) is 20.7. The predicted molar refractivity (Wildman–Crippen MR) is 254 cm³/mol. The highest BCUT2D eigenvalue weighted by atomic mass is 15.0. The minimum atomic E-state index is 0.608.